The normalized spacial score (nSPS) is 10.6. The van der Waals surface area contributed by atoms with Crippen molar-refractivity contribution < 1.29 is 19.4 Å². The number of anilines is 1. The fourth-order valence-electron chi connectivity index (χ4n) is 2.80. The standard InChI is InChI=1S/C19H19N5O6S.ClH/c1-21(2)6-7-22(19-20-16-5-4-15(30-3)11-17(16)31-19)18(25)12-8-13(23(26)27)10-14(9-12)24(28)29;/h4-5,8-11H,6-7H2,1-3H3;1H. The van der Waals surface area contributed by atoms with Crippen LogP contribution in [0, 0.1) is 20.2 Å². The number of nitro benzene ring substituents is 2. The highest BCUT2D eigenvalue weighted by molar-refractivity contribution is 7.22. The molecule has 0 aliphatic carbocycles. The number of carbonyl (C=O) groups is 1. The SMILES string of the molecule is COc1ccc2nc(N(CCN(C)C)C(=O)c3cc([N+](=O)[O-])cc([N+](=O)[O-])c3)sc2c1.Cl. The summed E-state index contributed by atoms with van der Waals surface area (Å²) in [5.41, 5.74) is -0.553. The maximum absolute atomic E-state index is 13.3. The predicted molar refractivity (Wildman–Crippen MR) is 123 cm³/mol. The van der Waals surface area contributed by atoms with E-state index < -0.39 is 27.1 Å². The van der Waals surface area contributed by atoms with Gasteiger partial charge in [-0.25, -0.2) is 4.98 Å². The first-order valence-electron chi connectivity index (χ1n) is 9.04. The average Bonchev–Trinajstić information content (AvgIpc) is 3.15. The number of halogens is 1. The van der Waals surface area contributed by atoms with E-state index in [0.717, 1.165) is 22.9 Å². The van der Waals surface area contributed by atoms with E-state index in [4.69, 9.17) is 4.74 Å². The van der Waals surface area contributed by atoms with Crippen molar-refractivity contribution in [3.63, 3.8) is 0 Å². The number of likely N-dealkylation sites (N-methyl/N-ethyl adjacent to an activating group) is 1. The Hall–Kier alpha value is -3.35. The molecule has 0 spiro atoms. The molecule has 32 heavy (non-hydrogen) atoms. The molecule has 0 aliphatic heterocycles. The van der Waals surface area contributed by atoms with Gasteiger partial charge in [0.05, 0.1) is 38.8 Å². The lowest BCUT2D eigenvalue weighted by atomic mass is 10.1. The Bertz CT molecular complexity index is 1140. The molecule has 11 nitrogen and oxygen atoms in total. The van der Waals surface area contributed by atoms with Crippen LogP contribution in [0.15, 0.2) is 36.4 Å². The number of amides is 1. The summed E-state index contributed by atoms with van der Waals surface area (Å²) < 4.78 is 6.02. The molecular weight excluding hydrogens is 462 g/mol. The minimum Gasteiger partial charge on any atom is -0.497 e. The molecule has 0 fully saturated rings. The molecule has 3 rings (SSSR count). The van der Waals surface area contributed by atoms with Crippen LogP contribution in [0.3, 0.4) is 0 Å². The third kappa shape index (κ3) is 5.46. The summed E-state index contributed by atoms with van der Waals surface area (Å²) in [6, 6.07) is 8.21. The molecular formula is C19H20ClN5O6S. The van der Waals surface area contributed by atoms with Gasteiger partial charge in [0.1, 0.15) is 5.75 Å². The zero-order valence-electron chi connectivity index (χ0n) is 17.4. The van der Waals surface area contributed by atoms with Gasteiger partial charge in [-0.3, -0.25) is 29.9 Å². The Morgan fingerprint density at radius 1 is 1.06 bits per heavy atom. The van der Waals surface area contributed by atoms with Crippen LogP contribution in [-0.4, -0.2) is 59.9 Å². The van der Waals surface area contributed by atoms with Crippen LogP contribution in [-0.2, 0) is 0 Å². The van der Waals surface area contributed by atoms with Crippen molar-refractivity contribution in [3.05, 3.63) is 62.2 Å². The number of ether oxygens (including phenoxy) is 1. The number of thiazole rings is 1. The minimum absolute atomic E-state index is 0. The summed E-state index contributed by atoms with van der Waals surface area (Å²) in [5.74, 6) is 0.0304. The first-order valence-corrected chi connectivity index (χ1v) is 9.86. The van der Waals surface area contributed by atoms with E-state index in [9.17, 15) is 25.0 Å². The molecule has 170 valence electrons. The third-order valence-corrected chi connectivity index (χ3v) is 5.44. The zero-order valence-corrected chi connectivity index (χ0v) is 19.0. The quantitative estimate of drug-likeness (QED) is 0.351. The molecule has 0 saturated heterocycles. The first-order chi connectivity index (χ1) is 14.7. The number of fused-ring (bicyclic) bond motifs is 1. The number of carbonyl (C=O) groups excluding carboxylic acids is 1. The van der Waals surface area contributed by atoms with Crippen molar-refractivity contribution in [3.8, 4) is 5.75 Å². The Kier molecular flexibility index (Phi) is 8.02. The van der Waals surface area contributed by atoms with Crippen molar-refractivity contribution in [2.24, 2.45) is 0 Å². The van der Waals surface area contributed by atoms with Gasteiger partial charge in [-0.05, 0) is 32.3 Å². The third-order valence-electron chi connectivity index (χ3n) is 4.40. The van der Waals surface area contributed by atoms with Crippen LogP contribution in [0.25, 0.3) is 10.2 Å². The number of rotatable bonds is 8. The Morgan fingerprint density at radius 2 is 1.69 bits per heavy atom. The van der Waals surface area contributed by atoms with Crippen molar-refractivity contribution in [2.45, 2.75) is 0 Å². The van der Waals surface area contributed by atoms with E-state index in [1.807, 2.05) is 19.0 Å². The van der Waals surface area contributed by atoms with Crippen molar-refractivity contribution >= 4 is 56.4 Å². The monoisotopic (exact) mass is 481 g/mol. The fourth-order valence-corrected chi connectivity index (χ4v) is 3.82. The van der Waals surface area contributed by atoms with Crippen molar-refractivity contribution in [1.29, 1.82) is 0 Å². The summed E-state index contributed by atoms with van der Waals surface area (Å²) in [6.07, 6.45) is 0. The summed E-state index contributed by atoms with van der Waals surface area (Å²) >= 11 is 1.26. The molecule has 0 bridgehead atoms. The van der Waals surface area contributed by atoms with Crippen molar-refractivity contribution in [1.82, 2.24) is 9.88 Å². The van der Waals surface area contributed by atoms with Crippen LogP contribution in [0.1, 0.15) is 10.4 Å². The van der Waals surface area contributed by atoms with Crippen LogP contribution in [0.5, 0.6) is 5.75 Å². The second-order valence-electron chi connectivity index (χ2n) is 6.84. The summed E-state index contributed by atoms with van der Waals surface area (Å²) in [6.45, 7) is 0.723. The lowest BCUT2D eigenvalue weighted by molar-refractivity contribution is -0.394. The van der Waals surface area contributed by atoms with Gasteiger partial charge in [0.2, 0.25) is 0 Å². The Balaban J connectivity index is 0.00000363. The largest absolute Gasteiger partial charge is 0.497 e. The van der Waals surface area contributed by atoms with Crippen LogP contribution >= 0.6 is 23.7 Å². The molecule has 0 aliphatic rings. The second-order valence-corrected chi connectivity index (χ2v) is 7.85. The molecule has 3 aromatic rings. The summed E-state index contributed by atoms with van der Waals surface area (Å²) in [7, 11) is 5.22. The molecule has 0 radical (unpaired) electrons. The van der Waals surface area contributed by atoms with Crippen LogP contribution in [0.2, 0.25) is 0 Å². The number of hydrogen-bond acceptors (Lipinski definition) is 9. The molecule has 13 heteroatoms. The summed E-state index contributed by atoms with van der Waals surface area (Å²) in [5, 5.41) is 22.8. The van der Waals surface area contributed by atoms with Crippen molar-refractivity contribution in [2.75, 3.05) is 39.2 Å². The number of methoxy groups -OCH3 is 1. The molecule has 0 unspecified atom stereocenters. The van der Waals surface area contributed by atoms with Gasteiger partial charge in [-0.1, -0.05) is 11.3 Å². The first kappa shape index (κ1) is 24.9. The van der Waals surface area contributed by atoms with E-state index >= 15 is 0 Å². The molecule has 1 aromatic heterocycles. The number of aromatic nitrogens is 1. The molecule has 2 aromatic carbocycles. The molecule has 0 N–H and O–H groups in total. The molecule has 1 amide bonds. The van der Waals surface area contributed by atoms with Gasteiger partial charge in [-0.2, -0.15) is 0 Å². The van der Waals surface area contributed by atoms with Gasteiger partial charge in [0, 0.05) is 25.2 Å². The van der Waals surface area contributed by atoms with Gasteiger partial charge in [0.25, 0.3) is 17.3 Å². The fraction of sp³-hybridized carbons (Fsp3) is 0.263. The number of hydrogen-bond donors (Lipinski definition) is 0. The molecule has 0 saturated carbocycles. The van der Waals surface area contributed by atoms with Gasteiger partial charge in [-0.15, -0.1) is 12.4 Å². The van der Waals surface area contributed by atoms with E-state index in [1.165, 1.54) is 16.2 Å². The predicted octanol–water partition coefficient (Wildman–Crippen LogP) is 3.75. The highest BCUT2D eigenvalue weighted by Crippen LogP contribution is 2.33. The van der Waals surface area contributed by atoms with Gasteiger partial charge < -0.3 is 9.64 Å². The van der Waals surface area contributed by atoms with E-state index in [2.05, 4.69) is 4.98 Å². The van der Waals surface area contributed by atoms with Crippen LogP contribution in [0.4, 0.5) is 16.5 Å². The topological polar surface area (TPSA) is 132 Å². The van der Waals surface area contributed by atoms with E-state index in [1.54, 1.807) is 25.3 Å². The maximum Gasteiger partial charge on any atom is 0.277 e. The highest BCUT2D eigenvalue weighted by atomic mass is 35.5. The zero-order chi connectivity index (χ0) is 22.7. The van der Waals surface area contributed by atoms with Gasteiger partial charge in [0.15, 0.2) is 5.13 Å². The highest BCUT2D eigenvalue weighted by Gasteiger charge is 2.26. The van der Waals surface area contributed by atoms with E-state index in [0.29, 0.717) is 22.9 Å². The number of nitro groups is 2. The van der Waals surface area contributed by atoms with Gasteiger partial charge >= 0.3 is 0 Å². The van der Waals surface area contributed by atoms with Crippen LogP contribution < -0.4 is 9.64 Å². The Morgan fingerprint density at radius 3 is 2.22 bits per heavy atom. The molecule has 0 atom stereocenters. The number of nitrogens with zero attached hydrogens (tertiary/aromatic N) is 5. The summed E-state index contributed by atoms with van der Waals surface area (Å²) in [4.78, 5) is 42.0. The molecule has 1 heterocycles. The number of benzene rings is 2. The average molecular weight is 482 g/mol. The minimum atomic E-state index is -0.766. The Labute approximate surface area is 192 Å². The smallest absolute Gasteiger partial charge is 0.277 e. The number of non-ortho nitro benzene ring substituents is 2. The second kappa shape index (κ2) is 10.3. The maximum atomic E-state index is 13.3. The van der Waals surface area contributed by atoms with E-state index in [-0.39, 0.29) is 24.5 Å². The lowest BCUT2D eigenvalue weighted by Crippen LogP contribution is -2.36. The lowest BCUT2D eigenvalue weighted by Gasteiger charge is -2.22.